The van der Waals surface area contributed by atoms with Crippen LogP contribution in [-0.4, -0.2) is 60.2 Å². The van der Waals surface area contributed by atoms with Crippen molar-refractivity contribution < 1.29 is 27.6 Å². The second-order valence-electron chi connectivity index (χ2n) is 8.12. The standard InChI is InChI=1S/C24H27F3N4O3/c1-17(32)28-21(18-7-3-2-4-8-18)15-23(34)31-13-11-30(12-14-31)16-22(33)29-20-10-6-5-9-19(20)24(25,26)27/h2-10,21H,11-16H2,1H3,(H,28,32)(H,29,33)/t21-/m1/s1. The number of hydrogen-bond acceptors (Lipinski definition) is 4. The number of amides is 3. The molecule has 0 spiro atoms. The maximum atomic E-state index is 13.1. The Morgan fingerprint density at radius 2 is 1.56 bits per heavy atom. The van der Waals surface area contributed by atoms with Crippen molar-refractivity contribution in [3.8, 4) is 0 Å². The van der Waals surface area contributed by atoms with Crippen LogP contribution in [0.1, 0.15) is 30.5 Å². The van der Waals surface area contributed by atoms with Gasteiger partial charge in [0.05, 0.1) is 30.3 Å². The first kappa shape index (κ1) is 25.2. The van der Waals surface area contributed by atoms with E-state index in [0.717, 1.165) is 11.6 Å². The molecular weight excluding hydrogens is 449 g/mol. The average molecular weight is 476 g/mol. The van der Waals surface area contributed by atoms with Gasteiger partial charge in [-0.2, -0.15) is 13.2 Å². The highest BCUT2D eigenvalue weighted by molar-refractivity contribution is 5.93. The van der Waals surface area contributed by atoms with Gasteiger partial charge < -0.3 is 15.5 Å². The maximum Gasteiger partial charge on any atom is 0.418 e. The van der Waals surface area contributed by atoms with E-state index in [1.807, 2.05) is 30.3 Å². The van der Waals surface area contributed by atoms with E-state index in [1.165, 1.54) is 25.1 Å². The van der Waals surface area contributed by atoms with Crippen molar-refractivity contribution in [3.63, 3.8) is 0 Å². The zero-order chi connectivity index (χ0) is 24.7. The number of piperazine rings is 1. The summed E-state index contributed by atoms with van der Waals surface area (Å²) < 4.78 is 39.4. The predicted molar refractivity (Wildman–Crippen MR) is 121 cm³/mol. The smallest absolute Gasteiger partial charge is 0.349 e. The molecule has 1 heterocycles. The molecule has 1 saturated heterocycles. The van der Waals surface area contributed by atoms with E-state index in [1.54, 1.807) is 9.80 Å². The number of anilines is 1. The summed E-state index contributed by atoms with van der Waals surface area (Å²) in [5.74, 6) is -0.901. The first-order valence-corrected chi connectivity index (χ1v) is 10.9. The van der Waals surface area contributed by atoms with Gasteiger partial charge in [-0.05, 0) is 17.7 Å². The summed E-state index contributed by atoms with van der Waals surface area (Å²) in [4.78, 5) is 40.2. The van der Waals surface area contributed by atoms with Gasteiger partial charge in [-0.15, -0.1) is 0 Å². The number of carbonyl (C=O) groups is 3. The maximum absolute atomic E-state index is 13.1. The van der Waals surface area contributed by atoms with Gasteiger partial charge in [-0.1, -0.05) is 42.5 Å². The van der Waals surface area contributed by atoms with Crippen LogP contribution in [0.25, 0.3) is 0 Å². The first-order valence-electron chi connectivity index (χ1n) is 10.9. The number of rotatable bonds is 7. The van der Waals surface area contributed by atoms with E-state index >= 15 is 0 Å². The molecule has 1 fully saturated rings. The molecule has 0 saturated carbocycles. The molecule has 7 nitrogen and oxygen atoms in total. The molecular formula is C24H27F3N4O3. The van der Waals surface area contributed by atoms with Crippen molar-refractivity contribution in [2.75, 3.05) is 38.0 Å². The van der Waals surface area contributed by atoms with Crippen molar-refractivity contribution in [1.82, 2.24) is 15.1 Å². The summed E-state index contributed by atoms with van der Waals surface area (Å²) in [6, 6.07) is 13.6. The lowest BCUT2D eigenvalue weighted by Gasteiger charge is -2.35. The molecule has 182 valence electrons. The summed E-state index contributed by atoms with van der Waals surface area (Å²) in [5.41, 5.74) is -0.342. The van der Waals surface area contributed by atoms with Gasteiger partial charge in [0.1, 0.15) is 0 Å². The number of benzene rings is 2. The molecule has 2 N–H and O–H groups in total. The second-order valence-corrected chi connectivity index (χ2v) is 8.12. The molecule has 34 heavy (non-hydrogen) atoms. The zero-order valence-electron chi connectivity index (χ0n) is 18.8. The van der Waals surface area contributed by atoms with Gasteiger partial charge in [0.2, 0.25) is 17.7 Å². The number of alkyl halides is 3. The van der Waals surface area contributed by atoms with Crippen molar-refractivity contribution in [2.45, 2.75) is 25.6 Å². The quantitative estimate of drug-likeness (QED) is 0.644. The Morgan fingerprint density at radius 1 is 0.941 bits per heavy atom. The monoisotopic (exact) mass is 476 g/mol. The summed E-state index contributed by atoms with van der Waals surface area (Å²) in [5, 5.41) is 5.15. The van der Waals surface area contributed by atoms with Crippen LogP contribution in [0.3, 0.4) is 0 Å². The van der Waals surface area contributed by atoms with Crippen LogP contribution in [0, 0.1) is 0 Å². The molecule has 10 heteroatoms. The van der Waals surface area contributed by atoms with E-state index in [4.69, 9.17) is 0 Å². The number of carbonyl (C=O) groups excluding carboxylic acids is 3. The number of para-hydroxylation sites is 1. The van der Waals surface area contributed by atoms with Gasteiger partial charge in [0.15, 0.2) is 0 Å². The molecule has 3 rings (SSSR count). The number of hydrogen-bond donors (Lipinski definition) is 2. The van der Waals surface area contributed by atoms with Crippen LogP contribution in [0.5, 0.6) is 0 Å². The zero-order valence-corrected chi connectivity index (χ0v) is 18.8. The minimum absolute atomic E-state index is 0.0766. The van der Waals surface area contributed by atoms with E-state index in [0.29, 0.717) is 26.2 Å². The molecule has 0 unspecified atom stereocenters. The van der Waals surface area contributed by atoms with Crippen LogP contribution in [0.4, 0.5) is 18.9 Å². The molecule has 2 aromatic carbocycles. The van der Waals surface area contributed by atoms with Gasteiger partial charge in [-0.25, -0.2) is 0 Å². The number of nitrogens with one attached hydrogen (secondary N) is 2. The fraction of sp³-hybridized carbons (Fsp3) is 0.375. The summed E-state index contributed by atoms with van der Waals surface area (Å²) in [6.07, 6.45) is -4.46. The Bertz CT molecular complexity index is 1010. The fourth-order valence-corrected chi connectivity index (χ4v) is 3.87. The Hall–Kier alpha value is -3.40. The molecule has 2 aromatic rings. The van der Waals surface area contributed by atoms with Gasteiger partial charge in [-0.3, -0.25) is 19.3 Å². The molecule has 0 bridgehead atoms. The highest BCUT2D eigenvalue weighted by Gasteiger charge is 2.33. The van der Waals surface area contributed by atoms with Gasteiger partial charge in [0, 0.05) is 33.1 Å². The molecule has 0 aromatic heterocycles. The van der Waals surface area contributed by atoms with Crippen LogP contribution >= 0.6 is 0 Å². The molecule has 1 atom stereocenters. The lowest BCUT2D eigenvalue weighted by Crippen LogP contribution is -2.51. The Labute approximate surface area is 195 Å². The molecule has 1 aliphatic heterocycles. The van der Waals surface area contributed by atoms with E-state index in [2.05, 4.69) is 10.6 Å². The molecule has 0 aliphatic carbocycles. The van der Waals surface area contributed by atoms with E-state index in [-0.39, 0.29) is 30.5 Å². The third-order valence-electron chi connectivity index (χ3n) is 5.56. The SMILES string of the molecule is CC(=O)N[C@H](CC(=O)N1CCN(CC(=O)Nc2ccccc2C(F)(F)F)CC1)c1ccccc1. The van der Waals surface area contributed by atoms with E-state index in [9.17, 15) is 27.6 Å². The highest BCUT2D eigenvalue weighted by atomic mass is 19.4. The predicted octanol–water partition coefficient (Wildman–Crippen LogP) is 3.06. The van der Waals surface area contributed by atoms with Gasteiger partial charge >= 0.3 is 6.18 Å². The topological polar surface area (TPSA) is 81.8 Å². The van der Waals surface area contributed by atoms with Crippen LogP contribution in [0.2, 0.25) is 0 Å². The normalized spacial score (nSPS) is 15.5. The minimum Gasteiger partial charge on any atom is -0.349 e. The molecule has 1 aliphatic rings. The Balaban J connectivity index is 1.51. The van der Waals surface area contributed by atoms with Gasteiger partial charge in [0.25, 0.3) is 0 Å². The van der Waals surface area contributed by atoms with Crippen LogP contribution < -0.4 is 10.6 Å². The van der Waals surface area contributed by atoms with Crippen molar-refractivity contribution in [1.29, 1.82) is 0 Å². The highest BCUT2D eigenvalue weighted by Crippen LogP contribution is 2.34. The Kier molecular flexibility index (Phi) is 8.27. The van der Waals surface area contributed by atoms with Crippen LogP contribution in [0.15, 0.2) is 54.6 Å². The number of halogens is 3. The third-order valence-corrected chi connectivity index (χ3v) is 5.56. The second kappa shape index (κ2) is 11.1. The fourth-order valence-electron chi connectivity index (χ4n) is 3.87. The number of nitrogens with zero attached hydrogens (tertiary/aromatic N) is 2. The summed E-state index contributed by atoms with van der Waals surface area (Å²) in [7, 11) is 0. The minimum atomic E-state index is -4.56. The van der Waals surface area contributed by atoms with Crippen LogP contribution in [-0.2, 0) is 20.6 Å². The summed E-state index contributed by atoms with van der Waals surface area (Å²) in [6.45, 7) is 2.91. The first-order chi connectivity index (χ1) is 16.1. The van der Waals surface area contributed by atoms with Crippen molar-refractivity contribution in [2.24, 2.45) is 0 Å². The molecule has 3 amide bonds. The Morgan fingerprint density at radius 3 is 2.18 bits per heavy atom. The molecule has 0 radical (unpaired) electrons. The average Bonchev–Trinajstić information content (AvgIpc) is 2.79. The third kappa shape index (κ3) is 7.05. The largest absolute Gasteiger partial charge is 0.418 e. The summed E-state index contributed by atoms with van der Waals surface area (Å²) >= 11 is 0. The van der Waals surface area contributed by atoms with Crippen molar-refractivity contribution >= 4 is 23.4 Å². The lowest BCUT2D eigenvalue weighted by atomic mass is 10.0. The van der Waals surface area contributed by atoms with Crippen molar-refractivity contribution in [3.05, 3.63) is 65.7 Å². The lowest BCUT2D eigenvalue weighted by molar-refractivity contribution is -0.137. The van der Waals surface area contributed by atoms with E-state index < -0.39 is 23.7 Å².